The molecule has 6 nitrogen and oxygen atoms in total. The number of hydrogen-bond acceptors (Lipinski definition) is 4. The summed E-state index contributed by atoms with van der Waals surface area (Å²) >= 11 is 0. The van der Waals surface area contributed by atoms with Gasteiger partial charge in [0.2, 0.25) is 0 Å². The molecule has 1 aliphatic heterocycles. The number of benzene rings is 2. The van der Waals surface area contributed by atoms with Gasteiger partial charge in [0, 0.05) is 26.1 Å². The van der Waals surface area contributed by atoms with E-state index in [1.54, 1.807) is 39.2 Å². The largest absolute Gasteiger partial charge is 0.326 e. The predicted molar refractivity (Wildman–Crippen MR) is 108 cm³/mol. The monoisotopic (exact) mass is 384 g/mol. The van der Waals surface area contributed by atoms with Crippen LogP contribution in [-0.4, -0.2) is 41.2 Å². The molecule has 2 aromatic carbocycles. The highest BCUT2D eigenvalue weighted by Crippen LogP contribution is 2.32. The van der Waals surface area contributed by atoms with E-state index in [-0.39, 0.29) is 28.6 Å². The summed E-state index contributed by atoms with van der Waals surface area (Å²) in [5, 5.41) is 18.8. The van der Waals surface area contributed by atoms with Crippen molar-refractivity contribution in [3.8, 4) is 12.1 Å². The van der Waals surface area contributed by atoms with Gasteiger partial charge in [-0.2, -0.15) is 10.5 Å². The Bertz CT molecular complexity index is 1060. The van der Waals surface area contributed by atoms with Crippen molar-refractivity contribution < 1.29 is 9.59 Å². The molecule has 0 bridgehead atoms. The molecular formula is C23H20N4O2. The van der Waals surface area contributed by atoms with E-state index in [4.69, 9.17) is 0 Å². The summed E-state index contributed by atoms with van der Waals surface area (Å²) in [5.41, 5.74) is 0.904. The van der Waals surface area contributed by atoms with Gasteiger partial charge in [0.25, 0.3) is 11.8 Å². The van der Waals surface area contributed by atoms with Gasteiger partial charge in [0.05, 0.1) is 23.3 Å². The van der Waals surface area contributed by atoms with Crippen LogP contribution in [0.2, 0.25) is 0 Å². The fraction of sp³-hybridized carbons (Fsp3) is 0.217. The number of amides is 2. The van der Waals surface area contributed by atoms with E-state index in [2.05, 4.69) is 0 Å². The molecule has 0 aromatic heterocycles. The van der Waals surface area contributed by atoms with Crippen LogP contribution < -0.4 is 0 Å². The summed E-state index contributed by atoms with van der Waals surface area (Å²) < 4.78 is 0. The van der Waals surface area contributed by atoms with Crippen molar-refractivity contribution in [2.24, 2.45) is 0 Å². The van der Waals surface area contributed by atoms with Crippen LogP contribution in [0.4, 0.5) is 0 Å². The first kappa shape index (κ1) is 19.9. The average molecular weight is 384 g/mol. The smallest absolute Gasteiger partial charge is 0.271 e. The summed E-state index contributed by atoms with van der Waals surface area (Å²) in [6, 6.07) is 18.4. The minimum Gasteiger partial charge on any atom is -0.326 e. The van der Waals surface area contributed by atoms with E-state index in [1.165, 1.54) is 15.9 Å². The van der Waals surface area contributed by atoms with E-state index >= 15 is 0 Å². The molecule has 1 aliphatic rings. The SMILES string of the molecule is CN1C(=O)C(C)(Cc2ccccc2)N(C)C(=O)/C1=C/c1c(C#N)cccc1C#N. The molecule has 0 spiro atoms. The molecule has 3 rings (SSSR count). The van der Waals surface area contributed by atoms with Crippen molar-refractivity contribution >= 4 is 17.9 Å². The molecule has 1 atom stereocenters. The third-order valence-corrected chi connectivity index (χ3v) is 5.41. The third kappa shape index (κ3) is 3.37. The van der Waals surface area contributed by atoms with Gasteiger partial charge in [-0.05, 0) is 30.7 Å². The Labute approximate surface area is 169 Å². The van der Waals surface area contributed by atoms with Gasteiger partial charge in [0.15, 0.2) is 0 Å². The Morgan fingerprint density at radius 1 is 0.966 bits per heavy atom. The Morgan fingerprint density at radius 3 is 2.10 bits per heavy atom. The Morgan fingerprint density at radius 2 is 1.55 bits per heavy atom. The Balaban J connectivity index is 2.06. The van der Waals surface area contributed by atoms with Crippen LogP contribution >= 0.6 is 0 Å². The van der Waals surface area contributed by atoms with Crippen LogP contribution in [0.5, 0.6) is 0 Å². The summed E-state index contributed by atoms with van der Waals surface area (Å²) in [6.45, 7) is 1.75. The van der Waals surface area contributed by atoms with Crippen molar-refractivity contribution in [1.29, 1.82) is 10.5 Å². The zero-order valence-electron chi connectivity index (χ0n) is 16.5. The van der Waals surface area contributed by atoms with Crippen LogP contribution in [0.25, 0.3) is 6.08 Å². The number of hydrogen-bond donors (Lipinski definition) is 0. The Hall–Kier alpha value is -3.90. The number of piperazine rings is 1. The van der Waals surface area contributed by atoms with Crippen molar-refractivity contribution in [2.75, 3.05) is 14.1 Å². The third-order valence-electron chi connectivity index (χ3n) is 5.41. The van der Waals surface area contributed by atoms with E-state index in [0.29, 0.717) is 12.0 Å². The first-order chi connectivity index (χ1) is 13.8. The minimum absolute atomic E-state index is 0.127. The quantitative estimate of drug-likeness (QED) is 0.761. The molecule has 0 radical (unpaired) electrons. The number of carbonyl (C=O) groups is 2. The zero-order valence-corrected chi connectivity index (χ0v) is 16.5. The maximum atomic E-state index is 13.3. The van der Waals surface area contributed by atoms with Crippen LogP contribution in [0.1, 0.15) is 29.2 Å². The van der Waals surface area contributed by atoms with E-state index < -0.39 is 5.54 Å². The van der Waals surface area contributed by atoms with E-state index in [9.17, 15) is 20.1 Å². The van der Waals surface area contributed by atoms with Crippen molar-refractivity contribution in [3.63, 3.8) is 0 Å². The van der Waals surface area contributed by atoms with Gasteiger partial charge in [-0.15, -0.1) is 0 Å². The zero-order chi connectivity index (χ0) is 21.2. The fourth-order valence-corrected chi connectivity index (χ4v) is 3.55. The minimum atomic E-state index is -1.04. The summed E-state index contributed by atoms with van der Waals surface area (Å²) in [6.07, 6.45) is 1.83. The predicted octanol–water partition coefficient (Wildman–Crippen LogP) is 2.70. The molecule has 0 aliphatic carbocycles. The normalized spacial score (nSPS) is 20.5. The fourth-order valence-electron chi connectivity index (χ4n) is 3.55. The molecular weight excluding hydrogens is 364 g/mol. The van der Waals surface area contributed by atoms with Crippen molar-refractivity contribution in [3.05, 3.63) is 76.5 Å². The lowest BCUT2D eigenvalue weighted by Gasteiger charge is -2.45. The number of nitrogens with zero attached hydrogens (tertiary/aromatic N) is 4. The standard InChI is InChI=1S/C23H20N4O2/c1-23(13-16-8-5-4-6-9-16)22(29)26(2)20(21(28)27(23)3)12-19-17(14-24)10-7-11-18(19)15-25/h4-12H,13H2,1-3H3/b20-12-. The van der Waals surface area contributed by atoms with Gasteiger partial charge < -0.3 is 9.80 Å². The van der Waals surface area contributed by atoms with E-state index in [1.807, 2.05) is 42.5 Å². The number of nitriles is 2. The lowest BCUT2D eigenvalue weighted by Crippen LogP contribution is -2.64. The molecule has 144 valence electrons. The van der Waals surface area contributed by atoms with Gasteiger partial charge in [-0.25, -0.2) is 0 Å². The first-order valence-corrected chi connectivity index (χ1v) is 9.08. The molecule has 1 fully saturated rings. The van der Waals surface area contributed by atoms with Crippen LogP contribution in [0.3, 0.4) is 0 Å². The maximum absolute atomic E-state index is 13.3. The number of likely N-dealkylation sites (N-methyl/N-ethyl adjacent to an activating group) is 2. The highest BCUT2D eigenvalue weighted by Gasteiger charge is 2.48. The summed E-state index contributed by atoms with van der Waals surface area (Å²) in [7, 11) is 3.15. The van der Waals surface area contributed by atoms with Crippen LogP contribution in [0, 0.1) is 22.7 Å². The molecule has 29 heavy (non-hydrogen) atoms. The van der Waals surface area contributed by atoms with Crippen molar-refractivity contribution in [1.82, 2.24) is 9.80 Å². The molecule has 6 heteroatoms. The van der Waals surface area contributed by atoms with E-state index in [0.717, 1.165) is 5.56 Å². The topological polar surface area (TPSA) is 88.2 Å². The molecule has 1 heterocycles. The first-order valence-electron chi connectivity index (χ1n) is 9.08. The number of carbonyl (C=O) groups excluding carboxylic acids is 2. The lowest BCUT2D eigenvalue weighted by atomic mass is 9.86. The second-order valence-corrected chi connectivity index (χ2v) is 7.18. The van der Waals surface area contributed by atoms with Gasteiger partial charge in [0.1, 0.15) is 11.2 Å². The summed E-state index contributed by atoms with van der Waals surface area (Å²) in [5.74, 6) is -0.579. The molecule has 0 N–H and O–H groups in total. The molecule has 1 saturated heterocycles. The Kier molecular flexibility index (Phi) is 5.21. The van der Waals surface area contributed by atoms with Gasteiger partial charge >= 0.3 is 0 Å². The van der Waals surface area contributed by atoms with Crippen LogP contribution in [0.15, 0.2) is 54.2 Å². The highest BCUT2D eigenvalue weighted by molar-refractivity contribution is 6.09. The molecule has 2 aromatic rings. The second-order valence-electron chi connectivity index (χ2n) is 7.18. The van der Waals surface area contributed by atoms with Crippen LogP contribution in [-0.2, 0) is 16.0 Å². The highest BCUT2D eigenvalue weighted by atomic mass is 16.2. The summed E-state index contributed by atoms with van der Waals surface area (Å²) in [4.78, 5) is 29.2. The average Bonchev–Trinajstić information content (AvgIpc) is 2.74. The van der Waals surface area contributed by atoms with Gasteiger partial charge in [-0.1, -0.05) is 36.4 Å². The second kappa shape index (κ2) is 7.61. The van der Waals surface area contributed by atoms with Crippen molar-refractivity contribution in [2.45, 2.75) is 18.9 Å². The lowest BCUT2D eigenvalue weighted by molar-refractivity contribution is -0.155. The van der Waals surface area contributed by atoms with Gasteiger partial charge in [-0.3, -0.25) is 9.59 Å². The molecule has 2 amide bonds. The molecule has 0 saturated carbocycles. The molecule has 1 unspecified atom stereocenters. The maximum Gasteiger partial charge on any atom is 0.271 e. The number of rotatable bonds is 3.